The first kappa shape index (κ1) is 20.5. The van der Waals surface area contributed by atoms with Gasteiger partial charge in [-0.25, -0.2) is 8.42 Å². The predicted molar refractivity (Wildman–Crippen MR) is 100 cm³/mol. The highest BCUT2D eigenvalue weighted by atomic mass is 32.2. The van der Waals surface area contributed by atoms with Crippen molar-refractivity contribution < 1.29 is 26.3 Å². The van der Waals surface area contributed by atoms with Crippen LogP contribution < -0.4 is 9.64 Å². The molecule has 0 aliphatic carbocycles. The van der Waals surface area contributed by atoms with E-state index in [1.165, 1.54) is 10.4 Å². The number of hydrogen-bond acceptors (Lipinski definition) is 4. The minimum Gasteiger partial charge on any atom is -0.497 e. The number of rotatable bonds is 4. The molecule has 28 heavy (non-hydrogen) atoms. The molecule has 2 aromatic carbocycles. The number of alkyl halides is 3. The third-order valence-corrected chi connectivity index (χ3v) is 6.65. The molecule has 0 N–H and O–H groups in total. The normalized spacial score (nSPS) is 18.9. The Morgan fingerprint density at radius 1 is 1.07 bits per heavy atom. The number of sulfonamides is 1. The van der Waals surface area contributed by atoms with Crippen molar-refractivity contribution in [2.45, 2.75) is 24.0 Å². The van der Waals surface area contributed by atoms with Crippen LogP contribution in [0.4, 0.5) is 18.9 Å². The lowest BCUT2D eigenvalue weighted by atomic mass is 10.2. The van der Waals surface area contributed by atoms with Crippen LogP contribution in [0.3, 0.4) is 0 Å². The Kier molecular flexibility index (Phi) is 5.58. The topological polar surface area (TPSA) is 49.9 Å². The van der Waals surface area contributed by atoms with Gasteiger partial charge in [0.2, 0.25) is 10.0 Å². The van der Waals surface area contributed by atoms with Crippen molar-refractivity contribution in [2.75, 3.05) is 31.6 Å². The van der Waals surface area contributed by atoms with Crippen LogP contribution in [0, 0.1) is 0 Å². The number of nitrogens with zero attached hydrogens (tertiary/aromatic N) is 2. The van der Waals surface area contributed by atoms with Crippen LogP contribution in [-0.2, 0) is 16.2 Å². The van der Waals surface area contributed by atoms with E-state index >= 15 is 0 Å². The van der Waals surface area contributed by atoms with Gasteiger partial charge in [-0.15, -0.1) is 0 Å². The van der Waals surface area contributed by atoms with Gasteiger partial charge in [-0.3, -0.25) is 0 Å². The Labute approximate surface area is 162 Å². The molecule has 2 aromatic rings. The molecule has 0 bridgehead atoms. The lowest BCUT2D eigenvalue weighted by Gasteiger charge is -2.40. The summed E-state index contributed by atoms with van der Waals surface area (Å²) >= 11 is 0. The highest BCUT2D eigenvalue weighted by molar-refractivity contribution is 7.89. The molecule has 0 aromatic heterocycles. The fourth-order valence-corrected chi connectivity index (χ4v) is 4.84. The summed E-state index contributed by atoms with van der Waals surface area (Å²) in [5.74, 6) is 0.724. The lowest BCUT2D eigenvalue weighted by Crippen LogP contribution is -2.53. The molecule has 0 amide bonds. The van der Waals surface area contributed by atoms with E-state index in [-0.39, 0.29) is 24.0 Å². The molecule has 1 atom stereocenters. The van der Waals surface area contributed by atoms with E-state index in [4.69, 9.17) is 4.74 Å². The van der Waals surface area contributed by atoms with E-state index < -0.39 is 21.8 Å². The van der Waals surface area contributed by atoms with Crippen molar-refractivity contribution in [3.05, 3.63) is 54.1 Å². The second-order valence-corrected chi connectivity index (χ2v) is 8.57. The van der Waals surface area contributed by atoms with Crippen molar-refractivity contribution in [2.24, 2.45) is 0 Å². The number of halogens is 3. The summed E-state index contributed by atoms with van der Waals surface area (Å²) in [6, 6.07) is 11.2. The SMILES string of the molecule is COc1ccc(N2CCN(S(=O)(=O)c3cccc(C(F)(F)F)c3)CC2C)cc1. The van der Waals surface area contributed by atoms with E-state index in [1.54, 1.807) is 7.11 Å². The second kappa shape index (κ2) is 7.63. The molecule has 1 aliphatic rings. The summed E-state index contributed by atoms with van der Waals surface area (Å²) < 4.78 is 70.9. The molecule has 0 spiro atoms. The molecule has 1 saturated heterocycles. The van der Waals surface area contributed by atoms with Crippen molar-refractivity contribution in [1.29, 1.82) is 0 Å². The number of piperazine rings is 1. The van der Waals surface area contributed by atoms with E-state index in [0.29, 0.717) is 12.6 Å². The first-order chi connectivity index (χ1) is 13.1. The molecule has 1 fully saturated rings. The number of benzene rings is 2. The van der Waals surface area contributed by atoms with Gasteiger partial charge in [0.15, 0.2) is 0 Å². The molecule has 5 nitrogen and oxygen atoms in total. The quantitative estimate of drug-likeness (QED) is 0.767. The zero-order chi connectivity index (χ0) is 20.5. The minimum absolute atomic E-state index is 0.136. The van der Waals surface area contributed by atoms with Crippen molar-refractivity contribution in [1.82, 2.24) is 4.31 Å². The monoisotopic (exact) mass is 414 g/mol. The Bertz CT molecular complexity index is 930. The van der Waals surface area contributed by atoms with Gasteiger partial charge in [-0.05, 0) is 49.4 Å². The minimum atomic E-state index is -4.59. The number of anilines is 1. The van der Waals surface area contributed by atoms with E-state index in [9.17, 15) is 21.6 Å². The number of methoxy groups -OCH3 is 1. The van der Waals surface area contributed by atoms with Crippen molar-refractivity contribution in [3.63, 3.8) is 0 Å². The summed E-state index contributed by atoms with van der Waals surface area (Å²) in [6.45, 7) is 2.70. The van der Waals surface area contributed by atoms with Crippen molar-refractivity contribution in [3.8, 4) is 5.75 Å². The molecular formula is C19H21F3N2O3S. The molecule has 0 radical (unpaired) electrons. The summed E-state index contributed by atoms with van der Waals surface area (Å²) in [5.41, 5.74) is -0.0390. The van der Waals surface area contributed by atoms with Crippen LogP contribution in [0.1, 0.15) is 12.5 Å². The fraction of sp³-hybridized carbons (Fsp3) is 0.368. The van der Waals surface area contributed by atoms with Gasteiger partial charge in [-0.2, -0.15) is 17.5 Å². The highest BCUT2D eigenvalue weighted by Gasteiger charge is 2.35. The third kappa shape index (κ3) is 4.10. The third-order valence-electron chi connectivity index (χ3n) is 4.79. The summed E-state index contributed by atoms with van der Waals surface area (Å²) in [6.07, 6.45) is -4.59. The zero-order valence-corrected chi connectivity index (χ0v) is 16.3. The smallest absolute Gasteiger partial charge is 0.416 e. The number of hydrogen-bond donors (Lipinski definition) is 0. The largest absolute Gasteiger partial charge is 0.497 e. The lowest BCUT2D eigenvalue weighted by molar-refractivity contribution is -0.137. The van der Waals surface area contributed by atoms with Gasteiger partial charge in [-0.1, -0.05) is 6.07 Å². The second-order valence-electron chi connectivity index (χ2n) is 6.63. The van der Waals surface area contributed by atoms with Gasteiger partial charge in [0.1, 0.15) is 5.75 Å². The maximum atomic E-state index is 12.9. The van der Waals surface area contributed by atoms with Crippen LogP contribution in [0.25, 0.3) is 0 Å². The van der Waals surface area contributed by atoms with Gasteiger partial charge < -0.3 is 9.64 Å². The number of ether oxygens (including phenoxy) is 1. The molecule has 152 valence electrons. The van der Waals surface area contributed by atoms with Crippen molar-refractivity contribution >= 4 is 15.7 Å². The molecule has 3 rings (SSSR count). The zero-order valence-electron chi connectivity index (χ0n) is 15.5. The molecule has 1 heterocycles. The van der Waals surface area contributed by atoms with Gasteiger partial charge in [0, 0.05) is 31.4 Å². The first-order valence-electron chi connectivity index (χ1n) is 8.71. The van der Waals surface area contributed by atoms with Crippen LogP contribution in [0.5, 0.6) is 5.75 Å². The van der Waals surface area contributed by atoms with E-state index in [0.717, 1.165) is 23.6 Å². The van der Waals surface area contributed by atoms with E-state index in [2.05, 4.69) is 4.90 Å². The Hall–Kier alpha value is -2.26. The van der Waals surface area contributed by atoms with Crippen LogP contribution in [0.2, 0.25) is 0 Å². The molecule has 1 aliphatic heterocycles. The van der Waals surface area contributed by atoms with Crippen LogP contribution in [0.15, 0.2) is 53.4 Å². The van der Waals surface area contributed by atoms with Gasteiger partial charge in [0.25, 0.3) is 0 Å². The Morgan fingerprint density at radius 3 is 2.32 bits per heavy atom. The molecule has 1 unspecified atom stereocenters. The molecule has 0 saturated carbocycles. The maximum Gasteiger partial charge on any atom is 0.416 e. The first-order valence-corrected chi connectivity index (χ1v) is 10.1. The summed E-state index contributed by atoms with van der Waals surface area (Å²) in [5, 5.41) is 0. The average Bonchev–Trinajstić information content (AvgIpc) is 2.67. The summed E-state index contributed by atoms with van der Waals surface area (Å²) in [4.78, 5) is 1.73. The molecule has 9 heteroatoms. The summed E-state index contributed by atoms with van der Waals surface area (Å²) in [7, 11) is -2.43. The van der Waals surface area contributed by atoms with E-state index in [1.807, 2.05) is 31.2 Å². The highest BCUT2D eigenvalue weighted by Crippen LogP contribution is 2.32. The maximum absolute atomic E-state index is 12.9. The average molecular weight is 414 g/mol. The standard InChI is InChI=1S/C19H21F3N2O3S/c1-14-13-23(10-11-24(14)16-6-8-17(27-2)9-7-16)28(25,26)18-5-3-4-15(12-18)19(20,21)22/h3-9,12,14H,10-11,13H2,1-2H3. The van der Waals surface area contributed by atoms with Gasteiger partial charge >= 0.3 is 6.18 Å². The predicted octanol–water partition coefficient (Wildman–Crippen LogP) is 3.61. The fourth-order valence-electron chi connectivity index (χ4n) is 3.28. The van der Waals surface area contributed by atoms with Crippen LogP contribution in [-0.4, -0.2) is 45.5 Å². The molecular weight excluding hydrogens is 393 g/mol. The Morgan fingerprint density at radius 2 is 1.75 bits per heavy atom. The van der Waals surface area contributed by atoms with Crippen LogP contribution >= 0.6 is 0 Å². The Balaban J connectivity index is 1.79. The van der Waals surface area contributed by atoms with Gasteiger partial charge in [0.05, 0.1) is 17.6 Å².